The minimum absolute atomic E-state index is 0.568. The summed E-state index contributed by atoms with van der Waals surface area (Å²) in [6.45, 7) is 15.6. The van der Waals surface area contributed by atoms with Crippen LogP contribution < -0.4 is 9.64 Å². The van der Waals surface area contributed by atoms with E-state index in [1.165, 1.54) is 44.3 Å². The molecule has 0 heterocycles. The fourth-order valence-electron chi connectivity index (χ4n) is 3.45. The smallest absolute Gasteiger partial charge is 0.119 e. The standard InChI is InChI=1S/C22H39NO/c1-7-10-11-20(8-2)17-23(19(6)16-18(4)5)21-12-14-22(15-13-21)24-9-3/h12-15,18-20H,7-11,16-17H2,1-6H3. The molecule has 138 valence electrons. The normalized spacial score (nSPS) is 13.8. The lowest BCUT2D eigenvalue weighted by Gasteiger charge is -2.35. The number of benzene rings is 1. The summed E-state index contributed by atoms with van der Waals surface area (Å²) in [5, 5.41) is 0. The van der Waals surface area contributed by atoms with Gasteiger partial charge in [0.25, 0.3) is 0 Å². The molecule has 1 aromatic rings. The molecular weight excluding hydrogens is 294 g/mol. The van der Waals surface area contributed by atoms with E-state index >= 15 is 0 Å². The van der Waals surface area contributed by atoms with Gasteiger partial charge in [-0.2, -0.15) is 0 Å². The Kier molecular flexibility index (Phi) is 9.90. The van der Waals surface area contributed by atoms with Crippen molar-refractivity contribution in [2.75, 3.05) is 18.1 Å². The molecule has 0 aliphatic heterocycles. The molecule has 0 radical (unpaired) electrons. The second-order valence-corrected chi connectivity index (χ2v) is 7.47. The number of rotatable bonds is 12. The first-order valence-electron chi connectivity index (χ1n) is 10.0. The van der Waals surface area contributed by atoms with Gasteiger partial charge in [-0.1, -0.05) is 47.0 Å². The summed E-state index contributed by atoms with van der Waals surface area (Å²) in [5.41, 5.74) is 1.33. The molecule has 0 spiro atoms. The van der Waals surface area contributed by atoms with E-state index in [4.69, 9.17) is 4.74 Å². The number of anilines is 1. The van der Waals surface area contributed by atoms with Crippen LogP contribution in [0.25, 0.3) is 0 Å². The van der Waals surface area contributed by atoms with E-state index in [0.29, 0.717) is 6.04 Å². The number of hydrogen-bond donors (Lipinski definition) is 0. The molecule has 0 fully saturated rings. The molecule has 2 atom stereocenters. The lowest BCUT2D eigenvalue weighted by molar-refractivity contribution is 0.340. The zero-order valence-electron chi connectivity index (χ0n) is 16.8. The van der Waals surface area contributed by atoms with Crippen molar-refractivity contribution in [2.24, 2.45) is 11.8 Å². The molecule has 0 aromatic heterocycles. The van der Waals surface area contributed by atoms with E-state index in [-0.39, 0.29) is 0 Å². The van der Waals surface area contributed by atoms with Gasteiger partial charge in [0.15, 0.2) is 0 Å². The molecule has 24 heavy (non-hydrogen) atoms. The topological polar surface area (TPSA) is 12.5 Å². The molecule has 0 bridgehead atoms. The van der Waals surface area contributed by atoms with Crippen LogP contribution in [0.3, 0.4) is 0 Å². The zero-order chi connectivity index (χ0) is 17.9. The maximum absolute atomic E-state index is 5.60. The molecule has 0 aliphatic rings. The fraction of sp³-hybridized carbons (Fsp3) is 0.727. The molecule has 0 N–H and O–H groups in total. The Morgan fingerprint density at radius 1 is 1.00 bits per heavy atom. The van der Waals surface area contributed by atoms with Gasteiger partial charge in [-0.3, -0.25) is 0 Å². The van der Waals surface area contributed by atoms with Gasteiger partial charge in [0, 0.05) is 18.3 Å². The number of unbranched alkanes of at least 4 members (excludes halogenated alkanes) is 1. The molecule has 0 saturated carbocycles. The van der Waals surface area contributed by atoms with Crippen molar-refractivity contribution >= 4 is 5.69 Å². The van der Waals surface area contributed by atoms with Gasteiger partial charge in [-0.15, -0.1) is 0 Å². The average Bonchev–Trinajstić information content (AvgIpc) is 2.56. The van der Waals surface area contributed by atoms with Crippen LogP contribution >= 0.6 is 0 Å². The van der Waals surface area contributed by atoms with Crippen molar-refractivity contribution in [3.8, 4) is 5.75 Å². The van der Waals surface area contributed by atoms with E-state index in [1.807, 2.05) is 6.92 Å². The third-order valence-corrected chi connectivity index (χ3v) is 4.82. The average molecular weight is 334 g/mol. The maximum atomic E-state index is 5.60. The molecule has 2 unspecified atom stereocenters. The van der Waals surface area contributed by atoms with Crippen LogP contribution in [0, 0.1) is 11.8 Å². The van der Waals surface area contributed by atoms with E-state index < -0.39 is 0 Å². The predicted octanol–water partition coefficient (Wildman–Crippen LogP) is 6.54. The van der Waals surface area contributed by atoms with Crippen LogP contribution in [0.2, 0.25) is 0 Å². The van der Waals surface area contributed by atoms with Crippen molar-refractivity contribution in [3.63, 3.8) is 0 Å². The lowest BCUT2D eigenvalue weighted by atomic mass is 9.96. The van der Waals surface area contributed by atoms with Crippen LogP contribution in [0.15, 0.2) is 24.3 Å². The van der Waals surface area contributed by atoms with Gasteiger partial charge < -0.3 is 9.64 Å². The summed E-state index contributed by atoms with van der Waals surface area (Å²) in [7, 11) is 0. The fourth-order valence-corrected chi connectivity index (χ4v) is 3.45. The highest BCUT2D eigenvalue weighted by molar-refractivity contribution is 5.50. The summed E-state index contributed by atoms with van der Waals surface area (Å²) in [5.74, 6) is 2.47. The molecule has 2 heteroatoms. The summed E-state index contributed by atoms with van der Waals surface area (Å²) in [6, 6.07) is 9.25. The highest BCUT2D eigenvalue weighted by Crippen LogP contribution is 2.26. The third-order valence-electron chi connectivity index (χ3n) is 4.82. The van der Waals surface area contributed by atoms with Crippen molar-refractivity contribution in [3.05, 3.63) is 24.3 Å². The van der Waals surface area contributed by atoms with E-state index in [9.17, 15) is 0 Å². The molecule has 0 amide bonds. The second kappa shape index (κ2) is 11.4. The molecule has 2 nitrogen and oxygen atoms in total. The second-order valence-electron chi connectivity index (χ2n) is 7.47. The summed E-state index contributed by atoms with van der Waals surface area (Å²) in [6.07, 6.45) is 6.48. The van der Waals surface area contributed by atoms with Crippen molar-refractivity contribution < 1.29 is 4.74 Å². The van der Waals surface area contributed by atoms with Gasteiger partial charge in [0.1, 0.15) is 5.75 Å². The maximum Gasteiger partial charge on any atom is 0.119 e. The summed E-state index contributed by atoms with van der Waals surface area (Å²) < 4.78 is 5.60. The summed E-state index contributed by atoms with van der Waals surface area (Å²) >= 11 is 0. The van der Waals surface area contributed by atoms with E-state index in [2.05, 4.69) is 63.8 Å². The van der Waals surface area contributed by atoms with Crippen LogP contribution in [0.5, 0.6) is 5.75 Å². The van der Waals surface area contributed by atoms with Crippen molar-refractivity contribution in [2.45, 2.75) is 79.7 Å². The van der Waals surface area contributed by atoms with E-state index in [1.54, 1.807) is 0 Å². The Balaban J connectivity index is 2.90. The lowest BCUT2D eigenvalue weighted by Crippen LogP contribution is -2.38. The van der Waals surface area contributed by atoms with Crippen LogP contribution in [0.1, 0.15) is 73.6 Å². The van der Waals surface area contributed by atoms with Crippen LogP contribution in [0.4, 0.5) is 5.69 Å². The quantitative estimate of drug-likeness (QED) is 0.430. The van der Waals surface area contributed by atoms with Gasteiger partial charge in [-0.05, 0) is 62.8 Å². The van der Waals surface area contributed by atoms with Crippen molar-refractivity contribution in [1.82, 2.24) is 0 Å². The first-order valence-corrected chi connectivity index (χ1v) is 10.0. The van der Waals surface area contributed by atoms with Gasteiger partial charge in [-0.25, -0.2) is 0 Å². The minimum atomic E-state index is 0.568. The molecule has 1 rings (SSSR count). The van der Waals surface area contributed by atoms with Crippen LogP contribution in [-0.2, 0) is 0 Å². The Labute approximate surface area is 150 Å². The highest BCUT2D eigenvalue weighted by Gasteiger charge is 2.19. The highest BCUT2D eigenvalue weighted by atomic mass is 16.5. The largest absolute Gasteiger partial charge is 0.494 e. The first kappa shape index (κ1) is 20.9. The van der Waals surface area contributed by atoms with Gasteiger partial charge in [0.05, 0.1) is 6.61 Å². The van der Waals surface area contributed by atoms with Gasteiger partial charge in [0.2, 0.25) is 0 Å². The Bertz CT molecular complexity index is 426. The first-order chi connectivity index (χ1) is 11.5. The molecular formula is C22H39NO. The van der Waals surface area contributed by atoms with E-state index in [0.717, 1.165) is 24.2 Å². The van der Waals surface area contributed by atoms with Crippen molar-refractivity contribution in [1.29, 1.82) is 0 Å². The SMILES string of the molecule is CCCCC(CC)CN(c1ccc(OCC)cc1)C(C)CC(C)C. The number of nitrogens with zero attached hydrogens (tertiary/aromatic N) is 1. The summed E-state index contributed by atoms with van der Waals surface area (Å²) in [4.78, 5) is 2.62. The zero-order valence-corrected chi connectivity index (χ0v) is 16.8. The predicted molar refractivity (Wildman–Crippen MR) is 107 cm³/mol. The molecule has 0 saturated heterocycles. The monoisotopic (exact) mass is 333 g/mol. The molecule has 0 aliphatic carbocycles. The Hall–Kier alpha value is -1.18. The number of ether oxygens (including phenoxy) is 1. The molecule has 1 aromatic carbocycles. The Morgan fingerprint density at radius 2 is 1.67 bits per heavy atom. The van der Waals surface area contributed by atoms with Crippen LogP contribution in [-0.4, -0.2) is 19.2 Å². The Morgan fingerprint density at radius 3 is 2.17 bits per heavy atom. The van der Waals surface area contributed by atoms with Gasteiger partial charge >= 0.3 is 0 Å². The minimum Gasteiger partial charge on any atom is -0.494 e. The third kappa shape index (κ3) is 7.15. The number of hydrogen-bond acceptors (Lipinski definition) is 2.